The highest BCUT2D eigenvalue weighted by Gasteiger charge is 2.49. The van der Waals surface area contributed by atoms with Gasteiger partial charge in [-0.2, -0.15) is 0 Å². The molecule has 0 amide bonds. The van der Waals surface area contributed by atoms with E-state index in [1.54, 1.807) is 0 Å². The summed E-state index contributed by atoms with van der Waals surface area (Å²) in [4.78, 5) is 5.71. The van der Waals surface area contributed by atoms with Gasteiger partial charge in [0.15, 0.2) is 0 Å². The number of para-hydroxylation sites is 4. The summed E-state index contributed by atoms with van der Waals surface area (Å²) in [7, 11) is -1.83. The van der Waals surface area contributed by atoms with Crippen LogP contribution in [0.3, 0.4) is 0 Å². The van der Waals surface area contributed by atoms with Crippen LogP contribution in [-0.4, -0.2) is 9.13 Å². The van der Waals surface area contributed by atoms with Crippen molar-refractivity contribution in [3.8, 4) is 33.6 Å². The second-order valence-electron chi connectivity index (χ2n) is 13.6. The molecule has 2 aliphatic rings. The average Bonchev–Trinajstić information content (AvgIpc) is 3.90. The Hall–Kier alpha value is -6.29. The quantitative estimate of drug-likeness (QED) is 0.174. The van der Waals surface area contributed by atoms with Crippen LogP contribution in [0.15, 0.2) is 202 Å². The number of rotatable bonds is 2. The molecule has 0 radical (unpaired) electrons. The normalized spacial score (nSPS) is 14.3. The van der Waals surface area contributed by atoms with Gasteiger partial charge >= 0.3 is 0 Å². The Morgan fingerprint density at radius 3 is 0.980 bits per heavy atom. The molecule has 2 aromatic heterocycles. The van der Waals surface area contributed by atoms with Gasteiger partial charge in [0, 0.05) is 52.3 Å². The Bertz CT molecular complexity index is 2790. The zero-order valence-corrected chi connectivity index (χ0v) is 28.4. The third-order valence-electron chi connectivity index (χ3n) is 11.3. The van der Waals surface area contributed by atoms with Gasteiger partial charge in [0.2, 0.25) is 0 Å². The van der Waals surface area contributed by atoms with E-state index in [4.69, 9.17) is 0 Å². The van der Waals surface area contributed by atoms with Crippen LogP contribution >= 0.6 is 10.0 Å². The van der Waals surface area contributed by atoms with Gasteiger partial charge in [0.1, 0.15) is 0 Å². The van der Waals surface area contributed by atoms with Crippen molar-refractivity contribution in [1.82, 2.24) is 9.13 Å². The third kappa shape index (κ3) is 3.30. The lowest BCUT2D eigenvalue weighted by Crippen LogP contribution is -2.01. The first-order valence-corrected chi connectivity index (χ1v) is 19.2. The van der Waals surface area contributed by atoms with E-state index >= 15 is 0 Å². The van der Waals surface area contributed by atoms with Crippen molar-refractivity contribution >= 4 is 53.6 Å². The molecule has 0 bridgehead atoms. The maximum atomic E-state index is 2.53. The Labute approximate surface area is 296 Å². The van der Waals surface area contributed by atoms with Crippen molar-refractivity contribution in [1.29, 1.82) is 0 Å². The zero-order valence-electron chi connectivity index (χ0n) is 27.6. The Kier molecular flexibility index (Phi) is 5.35. The summed E-state index contributed by atoms with van der Waals surface area (Å²) < 4.78 is 5.06. The molecule has 8 aromatic carbocycles. The summed E-state index contributed by atoms with van der Waals surface area (Å²) in [5.41, 5.74) is 12.7. The van der Waals surface area contributed by atoms with Gasteiger partial charge < -0.3 is 9.13 Å². The van der Waals surface area contributed by atoms with Gasteiger partial charge in [-0.25, -0.2) is 0 Å². The van der Waals surface area contributed by atoms with E-state index in [9.17, 15) is 0 Å². The van der Waals surface area contributed by atoms with Crippen LogP contribution in [0.4, 0.5) is 0 Å². The number of fused-ring (bicyclic) bond motifs is 16. The number of nitrogens with zero attached hydrogens (tertiary/aromatic N) is 2. The first-order valence-electron chi connectivity index (χ1n) is 17.6. The Balaban J connectivity index is 1.31. The molecule has 12 rings (SSSR count). The van der Waals surface area contributed by atoms with E-state index in [0.29, 0.717) is 0 Å². The number of hydrogen-bond acceptors (Lipinski definition) is 0. The second kappa shape index (κ2) is 9.91. The van der Waals surface area contributed by atoms with Crippen LogP contribution < -0.4 is 0 Å². The molecule has 4 heterocycles. The van der Waals surface area contributed by atoms with Crippen molar-refractivity contribution < 1.29 is 0 Å². The number of benzene rings is 8. The summed E-state index contributed by atoms with van der Waals surface area (Å²) in [6, 6.07) is 68.1. The highest BCUT2D eigenvalue weighted by Crippen LogP contribution is 2.85. The molecule has 0 saturated heterocycles. The fourth-order valence-corrected chi connectivity index (χ4v) is 14.0. The largest absolute Gasteiger partial charge is 0.309 e. The van der Waals surface area contributed by atoms with Crippen LogP contribution in [0.25, 0.3) is 77.2 Å². The second-order valence-corrected chi connectivity index (χ2v) is 16.6. The molecule has 1 spiro atoms. The lowest BCUT2D eigenvalue weighted by Gasteiger charge is -2.36. The van der Waals surface area contributed by atoms with E-state index in [1.165, 1.54) is 96.8 Å². The summed E-state index contributed by atoms with van der Waals surface area (Å²) >= 11 is 0. The highest BCUT2D eigenvalue weighted by atomic mass is 32.3. The summed E-state index contributed by atoms with van der Waals surface area (Å²) in [5.74, 6) is 0. The molecular formula is C48H30N2S. The minimum Gasteiger partial charge on any atom is -0.309 e. The monoisotopic (exact) mass is 666 g/mol. The van der Waals surface area contributed by atoms with Gasteiger partial charge in [-0.05, 0) is 71.8 Å². The van der Waals surface area contributed by atoms with Gasteiger partial charge in [0.05, 0.1) is 33.4 Å². The zero-order chi connectivity index (χ0) is 33.3. The standard InChI is InChI=1S/C48H30N2S/c1-7-21-37-31(15-1)32-16-2-8-22-38(32)49(37)41-25-13-29-45-47(41)48-42(50-39-23-9-3-17-33(39)34-18-4-10-24-40(34)50)26-14-30-46(48)51(45)43-27-11-5-19-35(43)36-20-6-12-28-44(36)51/h1-30H. The van der Waals surface area contributed by atoms with Gasteiger partial charge in [0.25, 0.3) is 0 Å². The van der Waals surface area contributed by atoms with Gasteiger partial charge in [-0.3, -0.25) is 0 Å². The van der Waals surface area contributed by atoms with E-state index in [-0.39, 0.29) is 0 Å². The summed E-state index contributed by atoms with van der Waals surface area (Å²) in [5, 5.41) is 5.10. The van der Waals surface area contributed by atoms with E-state index < -0.39 is 10.0 Å². The maximum Gasteiger partial charge on any atom is 0.0552 e. The molecule has 0 aliphatic carbocycles. The smallest absolute Gasteiger partial charge is 0.0552 e. The lowest BCUT2D eigenvalue weighted by molar-refractivity contribution is 1.14. The lowest BCUT2D eigenvalue weighted by atomic mass is 10.0. The molecule has 10 aromatic rings. The topological polar surface area (TPSA) is 9.86 Å². The molecule has 2 nitrogen and oxygen atoms in total. The van der Waals surface area contributed by atoms with Crippen LogP contribution in [0, 0.1) is 0 Å². The van der Waals surface area contributed by atoms with E-state index in [1.807, 2.05) is 0 Å². The van der Waals surface area contributed by atoms with Crippen molar-refractivity contribution in [2.24, 2.45) is 0 Å². The van der Waals surface area contributed by atoms with Crippen molar-refractivity contribution in [3.63, 3.8) is 0 Å². The highest BCUT2D eigenvalue weighted by molar-refractivity contribution is 8.34. The minimum absolute atomic E-state index is 1.23. The molecule has 2 aliphatic heterocycles. The van der Waals surface area contributed by atoms with Crippen LogP contribution in [0.5, 0.6) is 0 Å². The molecule has 0 atom stereocenters. The molecule has 51 heavy (non-hydrogen) atoms. The number of aromatic nitrogens is 2. The van der Waals surface area contributed by atoms with Crippen molar-refractivity contribution in [3.05, 3.63) is 182 Å². The molecular weight excluding hydrogens is 637 g/mol. The molecule has 0 fully saturated rings. The maximum absolute atomic E-state index is 2.53. The van der Waals surface area contributed by atoms with Crippen molar-refractivity contribution in [2.45, 2.75) is 19.6 Å². The van der Waals surface area contributed by atoms with E-state index in [2.05, 4.69) is 191 Å². The van der Waals surface area contributed by atoms with Crippen LogP contribution in [0.2, 0.25) is 0 Å². The Morgan fingerprint density at radius 1 is 0.275 bits per heavy atom. The predicted octanol–water partition coefficient (Wildman–Crippen LogP) is 13.2. The fraction of sp³-hybridized carbons (Fsp3) is 0. The SMILES string of the molecule is c1ccc2c(c1)-c1ccccc1S21c2cccc(-n3c4ccccc4c4ccccc43)c2-c2c(-n3c4ccccc4c4ccccc43)cccc21. The molecule has 0 saturated carbocycles. The first-order chi connectivity index (χ1) is 25.4. The van der Waals surface area contributed by atoms with Crippen molar-refractivity contribution in [2.75, 3.05) is 0 Å². The van der Waals surface area contributed by atoms with Crippen LogP contribution in [-0.2, 0) is 0 Å². The van der Waals surface area contributed by atoms with Gasteiger partial charge in [-0.15, -0.1) is 10.0 Å². The molecule has 0 unspecified atom stereocenters. The van der Waals surface area contributed by atoms with Gasteiger partial charge in [-0.1, -0.05) is 121 Å². The molecule has 3 heteroatoms. The minimum atomic E-state index is -1.83. The number of hydrogen-bond donors (Lipinski definition) is 0. The van der Waals surface area contributed by atoms with Crippen LogP contribution in [0.1, 0.15) is 0 Å². The predicted molar refractivity (Wildman–Crippen MR) is 213 cm³/mol. The average molecular weight is 667 g/mol. The third-order valence-corrected chi connectivity index (χ3v) is 15.3. The van der Waals surface area contributed by atoms with E-state index in [0.717, 1.165) is 0 Å². The fourth-order valence-electron chi connectivity index (χ4n) is 9.41. The molecule has 0 N–H and O–H groups in total. The summed E-state index contributed by atoms with van der Waals surface area (Å²) in [6.45, 7) is 0. The first kappa shape index (κ1) is 27.5. The Morgan fingerprint density at radius 2 is 0.588 bits per heavy atom. The summed E-state index contributed by atoms with van der Waals surface area (Å²) in [6.07, 6.45) is 0. The molecule has 238 valence electrons.